The van der Waals surface area contributed by atoms with Crippen LogP contribution in [0.15, 0.2) is 30.3 Å². The molecule has 0 unspecified atom stereocenters. The summed E-state index contributed by atoms with van der Waals surface area (Å²) in [5.41, 5.74) is 1.69. The van der Waals surface area contributed by atoms with Crippen molar-refractivity contribution in [1.29, 1.82) is 0 Å². The zero-order valence-corrected chi connectivity index (χ0v) is 12.4. The first-order valence-corrected chi connectivity index (χ1v) is 7.65. The van der Waals surface area contributed by atoms with Crippen LogP contribution in [0.5, 0.6) is 0 Å². The van der Waals surface area contributed by atoms with Crippen LogP contribution in [0.2, 0.25) is 0 Å². The normalized spacial score (nSPS) is 34.2. The van der Waals surface area contributed by atoms with Crippen LogP contribution < -0.4 is 5.32 Å². The van der Waals surface area contributed by atoms with Crippen LogP contribution in [0.3, 0.4) is 0 Å². The molecule has 3 heterocycles. The minimum absolute atomic E-state index is 0.296. The van der Waals surface area contributed by atoms with E-state index in [9.17, 15) is 0 Å². The second-order valence-corrected chi connectivity index (χ2v) is 6.75. The van der Waals surface area contributed by atoms with Gasteiger partial charge in [0.1, 0.15) is 0 Å². The number of hydrogen-bond acceptors (Lipinski definition) is 2. The molecule has 3 saturated heterocycles. The Hall–Kier alpha value is -0.860. The Morgan fingerprint density at radius 2 is 1.79 bits per heavy atom. The van der Waals surface area contributed by atoms with Crippen LogP contribution in [-0.2, 0) is 0 Å². The van der Waals surface area contributed by atoms with E-state index in [2.05, 4.69) is 61.3 Å². The van der Waals surface area contributed by atoms with Crippen molar-refractivity contribution in [1.82, 2.24) is 10.2 Å². The van der Waals surface area contributed by atoms with Gasteiger partial charge in [-0.1, -0.05) is 30.3 Å². The summed E-state index contributed by atoms with van der Waals surface area (Å²) in [7, 11) is 0. The van der Waals surface area contributed by atoms with Gasteiger partial charge in [0.05, 0.1) is 0 Å². The maximum absolute atomic E-state index is 3.92. The first-order chi connectivity index (χ1) is 9.09. The Morgan fingerprint density at radius 3 is 2.37 bits per heavy atom. The average molecular weight is 258 g/mol. The van der Waals surface area contributed by atoms with Crippen molar-refractivity contribution in [3.63, 3.8) is 0 Å². The average Bonchev–Trinajstić information content (AvgIpc) is 2.44. The van der Waals surface area contributed by atoms with E-state index in [0.29, 0.717) is 17.6 Å². The highest BCUT2D eigenvalue weighted by molar-refractivity contribution is 5.19. The Balaban J connectivity index is 1.75. The topological polar surface area (TPSA) is 15.3 Å². The van der Waals surface area contributed by atoms with Gasteiger partial charge in [-0.3, -0.25) is 4.90 Å². The molecule has 0 aromatic heterocycles. The summed E-state index contributed by atoms with van der Waals surface area (Å²) in [6, 6.07) is 11.9. The number of hydrogen-bond donors (Lipinski definition) is 1. The van der Waals surface area contributed by atoms with Gasteiger partial charge in [-0.2, -0.15) is 0 Å². The van der Waals surface area contributed by atoms with E-state index < -0.39 is 0 Å². The van der Waals surface area contributed by atoms with Gasteiger partial charge in [0.2, 0.25) is 0 Å². The Bertz CT molecular complexity index is 418. The van der Waals surface area contributed by atoms with Crippen LogP contribution in [0.4, 0.5) is 0 Å². The van der Waals surface area contributed by atoms with Crippen LogP contribution in [0, 0.1) is 5.92 Å². The second kappa shape index (κ2) is 4.92. The standard InChI is InChI=1S/C17H26N2/c1-13(14-7-5-4-6-8-14)18-16-15-9-11-19(12-10-15)17(16,2)3/h4-8,13,15-16,18H,9-12H2,1-3H3/t13-,16-/m1/s1. The fourth-order valence-electron chi connectivity index (χ4n) is 4.03. The van der Waals surface area contributed by atoms with Gasteiger partial charge in [-0.15, -0.1) is 0 Å². The maximum Gasteiger partial charge on any atom is 0.0309 e. The van der Waals surface area contributed by atoms with E-state index in [1.54, 1.807) is 0 Å². The van der Waals surface area contributed by atoms with Gasteiger partial charge >= 0.3 is 0 Å². The summed E-state index contributed by atoms with van der Waals surface area (Å²) < 4.78 is 0. The molecule has 104 valence electrons. The number of nitrogens with one attached hydrogen (secondary N) is 1. The lowest BCUT2D eigenvalue weighted by atomic mass is 9.71. The van der Waals surface area contributed by atoms with E-state index in [1.165, 1.54) is 31.5 Å². The third-order valence-corrected chi connectivity index (χ3v) is 5.32. The number of fused-ring (bicyclic) bond motifs is 3. The summed E-state index contributed by atoms with van der Waals surface area (Å²) in [5, 5.41) is 3.92. The number of nitrogens with zero attached hydrogens (tertiary/aromatic N) is 1. The Morgan fingerprint density at radius 1 is 1.16 bits per heavy atom. The van der Waals surface area contributed by atoms with E-state index in [-0.39, 0.29) is 0 Å². The molecule has 3 fully saturated rings. The molecule has 1 aromatic rings. The molecular formula is C17H26N2. The summed E-state index contributed by atoms with van der Waals surface area (Å²) in [5.74, 6) is 0.853. The molecule has 0 radical (unpaired) electrons. The Kier molecular flexibility index (Phi) is 3.40. The molecule has 1 aromatic carbocycles. The van der Waals surface area contributed by atoms with Crippen molar-refractivity contribution < 1.29 is 0 Å². The van der Waals surface area contributed by atoms with Crippen LogP contribution in [-0.4, -0.2) is 29.6 Å². The van der Waals surface area contributed by atoms with Gasteiger partial charge < -0.3 is 5.32 Å². The van der Waals surface area contributed by atoms with Gasteiger partial charge in [0.15, 0.2) is 0 Å². The van der Waals surface area contributed by atoms with Crippen LogP contribution in [0.25, 0.3) is 0 Å². The molecule has 2 atom stereocenters. The molecule has 0 saturated carbocycles. The van der Waals surface area contributed by atoms with Crippen molar-refractivity contribution in [2.75, 3.05) is 13.1 Å². The van der Waals surface area contributed by atoms with E-state index in [4.69, 9.17) is 0 Å². The lowest BCUT2D eigenvalue weighted by Crippen LogP contribution is -2.68. The molecule has 3 aliphatic rings. The quantitative estimate of drug-likeness (QED) is 0.895. The summed E-state index contributed by atoms with van der Waals surface area (Å²) in [4.78, 5) is 2.67. The molecule has 0 aliphatic carbocycles. The molecule has 19 heavy (non-hydrogen) atoms. The summed E-state index contributed by atoms with van der Waals surface area (Å²) in [6.07, 6.45) is 2.73. The molecule has 2 bridgehead atoms. The maximum atomic E-state index is 3.92. The highest BCUT2D eigenvalue weighted by Crippen LogP contribution is 2.39. The lowest BCUT2D eigenvalue weighted by molar-refractivity contribution is -0.0438. The first-order valence-electron chi connectivity index (χ1n) is 7.65. The summed E-state index contributed by atoms with van der Waals surface area (Å²) >= 11 is 0. The van der Waals surface area contributed by atoms with E-state index in [1.807, 2.05) is 0 Å². The smallest absolute Gasteiger partial charge is 0.0309 e. The third kappa shape index (κ3) is 2.32. The van der Waals surface area contributed by atoms with Gasteiger partial charge in [0.25, 0.3) is 0 Å². The van der Waals surface area contributed by atoms with Crippen molar-refractivity contribution >= 4 is 0 Å². The fourth-order valence-corrected chi connectivity index (χ4v) is 4.03. The SMILES string of the molecule is C[C@@H](N[C@@H]1C2CCN(CC2)C1(C)C)c1ccccc1. The minimum Gasteiger partial charge on any atom is -0.305 e. The molecular weight excluding hydrogens is 232 g/mol. The number of benzene rings is 1. The zero-order chi connectivity index (χ0) is 13.5. The molecule has 0 spiro atoms. The molecule has 2 nitrogen and oxygen atoms in total. The predicted octanol–water partition coefficient (Wildman–Crippen LogP) is 3.21. The summed E-state index contributed by atoms with van der Waals surface area (Å²) in [6.45, 7) is 9.69. The van der Waals surface area contributed by atoms with Gasteiger partial charge in [-0.25, -0.2) is 0 Å². The molecule has 4 rings (SSSR count). The lowest BCUT2D eigenvalue weighted by Gasteiger charge is -2.57. The molecule has 3 aliphatic heterocycles. The largest absolute Gasteiger partial charge is 0.305 e. The monoisotopic (exact) mass is 258 g/mol. The van der Waals surface area contributed by atoms with Crippen molar-refractivity contribution in [2.45, 2.75) is 51.2 Å². The van der Waals surface area contributed by atoms with Crippen LogP contribution >= 0.6 is 0 Å². The zero-order valence-electron chi connectivity index (χ0n) is 12.4. The van der Waals surface area contributed by atoms with Crippen molar-refractivity contribution in [3.05, 3.63) is 35.9 Å². The van der Waals surface area contributed by atoms with Gasteiger partial charge in [-0.05, 0) is 58.2 Å². The molecule has 1 N–H and O–H groups in total. The second-order valence-electron chi connectivity index (χ2n) is 6.75. The molecule has 0 amide bonds. The van der Waals surface area contributed by atoms with E-state index >= 15 is 0 Å². The first kappa shape index (κ1) is 13.1. The fraction of sp³-hybridized carbons (Fsp3) is 0.647. The molecule has 2 heteroatoms. The number of rotatable bonds is 3. The minimum atomic E-state index is 0.296. The van der Waals surface area contributed by atoms with Gasteiger partial charge in [0, 0.05) is 17.6 Å². The van der Waals surface area contributed by atoms with Crippen molar-refractivity contribution in [2.24, 2.45) is 5.92 Å². The van der Waals surface area contributed by atoms with Crippen LogP contribution in [0.1, 0.15) is 45.2 Å². The third-order valence-electron chi connectivity index (χ3n) is 5.32. The number of piperidine rings is 3. The van der Waals surface area contributed by atoms with E-state index in [0.717, 1.165) is 5.92 Å². The highest BCUT2D eigenvalue weighted by Gasteiger charge is 2.47. The Labute approximate surface area is 117 Å². The predicted molar refractivity (Wildman–Crippen MR) is 80.2 cm³/mol. The highest BCUT2D eigenvalue weighted by atomic mass is 15.3. The van der Waals surface area contributed by atoms with Crippen molar-refractivity contribution in [3.8, 4) is 0 Å².